The van der Waals surface area contributed by atoms with Gasteiger partial charge >= 0.3 is 0 Å². The SMILES string of the molecule is O=C(N[C@@H]1CCN(Cc2ccccc2)C1)C1CCN(S(=O)(=O)c2cccnc2)CC1. The van der Waals surface area contributed by atoms with E-state index in [1.54, 1.807) is 18.3 Å². The quantitative estimate of drug-likeness (QED) is 0.760. The zero-order chi connectivity index (χ0) is 21.0. The Morgan fingerprint density at radius 3 is 2.50 bits per heavy atom. The van der Waals surface area contributed by atoms with Crippen LogP contribution >= 0.6 is 0 Å². The molecule has 0 bridgehead atoms. The first kappa shape index (κ1) is 21.0. The smallest absolute Gasteiger partial charge is 0.244 e. The van der Waals surface area contributed by atoms with Gasteiger partial charge in [0.2, 0.25) is 15.9 Å². The van der Waals surface area contributed by atoms with E-state index < -0.39 is 10.0 Å². The minimum Gasteiger partial charge on any atom is -0.352 e. The second-order valence-electron chi connectivity index (χ2n) is 8.08. The fraction of sp³-hybridized carbons (Fsp3) is 0.455. The molecule has 1 aromatic heterocycles. The van der Waals surface area contributed by atoms with E-state index in [2.05, 4.69) is 27.3 Å². The molecule has 1 aromatic carbocycles. The molecule has 1 atom stereocenters. The molecule has 2 aliphatic heterocycles. The molecule has 0 radical (unpaired) electrons. The minimum atomic E-state index is -3.54. The number of aromatic nitrogens is 1. The molecule has 3 heterocycles. The van der Waals surface area contributed by atoms with Crippen molar-refractivity contribution in [3.63, 3.8) is 0 Å². The number of carbonyl (C=O) groups is 1. The van der Waals surface area contributed by atoms with E-state index in [0.29, 0.717) is 25.9 Å². The minimum absolute atomic E-state index is 0.0555. The van der Waals surface area contributed by atoms with Gasteiger partial charge < -0.3 is 5.32 Å². The summed E-state index contributed by atoms with van der Waals surface area (Å²) in [4.78, 5) is 19.2. The van der Waals surface area contributed by atoms with Crippen LogP contribution in [0.2, 0.25) is 0 Å². The van der Waals surface area contributed by atoms with E-state index in [-0.39, 0.29) is 22.8 Å². The van der Waals surface area contributed by atoms with Crippen LogP contribution in [0.4, 0.5) is 0 Å². The highest BCUT2D eigenvalue weighted by Gasteiger charge is 2.33. The highest BCUT2D eigenvalue weighted by Crippen LogP contribution is 2.24. The normalized spacial score (nSPS) is 21.5. The maximum absolute atomic E-state index is 12.7. The zero-order valence-corrected chi connectivity index (χ0v) is 17.8. The van der Waals surface area contributed by atoms with Gasteiger partial charge in [-0.15, -0.1) is 0 Å². The lowest BCUT2D eigenvalue weighted by Gasteiger charge is -2.31. The van der Waals surface area contributed by atoms with Gasteiger partial charge in [-0.3, -0.25) is 14.7 Å². The van der Waals surface area contributed by atoms with Crippen LogP contribution < -0.4 is 5.32 Å². The summed E-state index contributed by atoms with van der Waals surface area (Å²) in [5, 5.41) is 3.19. The van der Waals surface area contributed by atoms with Crippen molar-refractivity contribution in [3.05, 3.63) is 60.4 Å². The number of sulfonamides is 1. The van der Waals surface area contributed by atoms with Crippen LogP contribution in [-0.2, 0) is 21.4 Å². The van der Waals surface area contributed by atoms with Crippen LogP contribution in [0.25, 0.3) is 0 Å². The molecule has 2 saturated heterocycles. The van der Waals surface area contributed by atoms with Gasteiger partial charge in [-0.2, -0.15) is 4.31 Å². The molecule has 0 aliphatic carbocycles. The summed E-state index contributed by atoms with van der Waals surface area (Å²) in [7, 11) is -3.54. The summed E-state index contributed by atoms with van der Waals surface area (Å²) in [6.45, 7) is 3.45. The molecule has 30 heavy (non-hydrogen) atoms. The first-order valence-electron chi connectivity index (χ1n) is 10.5. The molecule has 0 saturated carbocycles. The van der Waals surface area contributed by atoms with Crippen LogP contribution in [0.1, 0.15) is 24.8 Å². The third-order valence-corrected chi connectivity index (χ3v) is 7.85. The third-order valence-electron chi connectivity index (χ3n) is 5.96. The Bertz CT molecular complexity index is 945. The Kier molecular flexibility index (Phi) is 6.46. The number of benzene rings is 1. The van der Waals surface area contributed by atoms with Crippen molar-refractivity contribution in [1.82, 2.24) is 19.5 Å². The van der Waals surface area contributed by atoms with E-state index in [4.69, 9.17) is 0 Å². The summed E-state index contributed by atoms with van der Waals surface area (Å²) in [5.74, 6) is -0.0755. The van der Waals surface area contributed by atoms with Crippen molar-refractivity contribution in [1.29, 1.82) is 0 Å². The van der Waals surface area contributed by atoms with Gasteiger partial charge in [0, 0.05) is 57.1 Å². The molecule has 4 rings (SSSR count). The number of hydrogen-bond donors (Lipinski definition) is 1. The van der Waals surface area contributed by atoms with E-state index in [1.807, 2.05) is 18.2 Å². The van der Waals surface area contributed by atoms with Gasteiger partial charge in [-0.05, 0) is 37.0 Å². The molecular formula is C22H28N4O3S. The number of likely N-dealkylation sites (tertiary alicyclic amines) is 1. The molecule has 1 N–H and O–H groups in total. The number of nitrogens with zero attached hydrogens (tertiary/aromatic N) is 3. The van der Waals surface area contributed by atoms with Crippen molar-refractivity contribution >= 4 is 15.9 Å². The summed E-state index contributed by atoms with van der Waals surface area (Å²) in [6.07, 6.45) is 4.97. The highest BCUT2D eigenvalue weighted by molar-refractivity contribution is 7.89. The predicted molar refractivity (Wildman–Crippen MR) is 114 cm³/mol. The largest absolute Gasteiger partial charge is 0.352 e. The number of rotatable bonds is 6. The average Bonchev–Trinajstić information content (AvgIpc) is 3.21. The Labute approximate surface area is 178 Å². The molecule has 2 fully saturated rings. The molecule has 8 heteroatoms. The monoisotopic (exact) mass is 428 g/mol. The highest BCUT2D eigenvalue weighted by atomic mass is 32.2. The number of pyridine rings is 1. The number of carbonyl (C=O) groups excluding carboxylic acids is 1. The molecule has 2 aromatic rings. The van der Waals surface area contributed by atoms with Crippen molar-refractivity contribution < 1.29 is 13.2 Å². The van der Waals surface area contributed by atoms with Crippen molar-refractivity contribution in [2.45, 2.75) is 36.7 Å². The van der Waals surface area contributed by atoms with Gasteiger partial charge in [-0.1, -0.05) is 30.3 Å². The molecule has 160 valence electrons. The van der Waals surface area contributed by atoms with Crippen LogP contribution in [0, 0.1) is 5.92 Å². The summed E-state index contributed by atoms with van der Waals surface area (Å²) >= 11 is 0. The first-order chi connectivity index (χ1) is 14.5. The van der Waals surface area contributed by atoms with Crippen LogP contribution in [0.5, 0.6) is 0 Å². The lowest BCUT2D eigenvalue weighted by molar-refractivity contribution is -0.126. The fourth-order valence-electron chi connectivity index (χ4n) is 4.26. The lowest BCUT2D eigenvalue weighted by Crippen LogP contribution is -2.45. The molecule has 1 amide bonds. The van der Waals surface area contributed by atoms with E-state index >= 15 is 0 Å². The number of nitrogens with one attached hydrogen (secondary N) is 1. The zero-order valence-electron chi connectivity index (χ0n) is 17.0. The lowest BCUT2D eigenvalue weighted by atomic mass is 9.97. The molecule has 2 aliphatic rings. The van der Waals surface area contributed by atoms with E-state index in [9.17, 15) is 13.2 Å². The number of amides is 1. The standard InChI is InChI=1S/C22H28N4O3S/c27-22(24-20-10-12-25(17-20)16-18-5-2-1-3-6-18)19-8-13-26(14-9-19)30(28,29)21-7-4-11-23-15-21/h1-7,11,15,19-20H,8-10,12-14,16-17H2,(H,24,27)/t20-/m1/s1. The Hall–Kier alpha value is -2.29. The Balaban J connectivity index is 1.25. The average molecular weight is 429 g/mol. The number of piperidine rings is 1. The second-order valence-corrected chi connectivity index (χ2v) is 10.0. The molecule has 0 unspecified atom stereocenters. The van der Waals surface area contributed by atoms with E-state index in [0.717, 1.165) is 26.1 Å². The fourth-order valence-corrected chi connectivity index (χ4v) is 5.70. The van der Waals surface area contributed by atoms with Crippen molar-refractivity contribution in [2.24, 2.45) is 5.92 Å². The van der Waals surface area contributed by atoms with Gasteiger partial charge in [0.25, 0.3) is 0 Å². The third kappa shape index (κ3) is 4.88. The maximum Gasteiger partial charge on any atom is 0.244 e. The van der Waals surface area contributed by atoms with Gasteiger partial charge in [0.15, 0.2) is 0 Å². The maximum atomic E-state index is 12.7. The van der Waals surface area contributed by atoms with E-state index in [1.165, 1.54) is 16.1 Å². The van der Waals surface area contributed by atoms with Crippen LogP contribution in [0.3, 0.4) is 0 Å². The van der Waals surface area contributed by atoms with Crippen molar-refractivity contribution in [2.75, 3.05) is 26.2 Å². The van der Waals surface area contributed by atoms with Crippen LogP contribution in [0.15, 0.2) is 59.8 Å². The van der Waals surface area contributed by atoms with Gasteiger partial charge in [0.05, 0.1) is 0 Å². The topological polar surface area (TPSA) is 82.6 Å². The summed E-state index contributed by atoms with van der Waals surface area (Å²) < 4.78 is 26.9. The Morgan fingerprint density at radius 1 is 1.03 bits per heavy atom. The number of hydrogen-bond acceptors (Lipinski definition) is 5. The first-order valence-corrected chi connectivity index (χ1v) is 11.9. The Morgan fingerprint density at radius 2 is 1.80 bits per heavy atom. The predicted octanol–water partition coefficient (Wildman–Crippen LogP) is 1.87. The second kappa shape index (κ2) is 9.24. The van der Waals surface area contributed by atoms with Crippen LogP contribution in [-0.4, -0.2) is 60.7 Å². The summed E-state index contributed by atoms with van der Waals surface area (Å²) in [6, 6.07) is 13.7. The summed E-state index contributed by atoms with van der Waals surface area (Å²) in [5.41, 5.74) is 1.28. The van der Waals surface area contributed by atoms with Gasteiger partial charge in [0.1, 0.15) is 4.90 Å². The molecular weight excluding hydrogens is 400 g/mol. The molecule has 7 nitrogen and oxygen atoms in total. The van der Waals surface area contributed by atoms with Crippen molar-refractivity contribution in [3.8, 4) is 0 Å². The van der Waals surface area contributed by atoms with Gasteiger partial charge in [-0.25, -0.2) is 8.42 Å². The molecule has 0 spiro atoms.